The molecule has 0 aliphatic heterocycles. The summed E-state index contributed by atoms with van der Waals surface area (Å²) in [5.41, 5.74) is 5.43. The van der Waals surface area contributed by atoms with Gasteiger partial charge in [0.2, 0.25) is 5.91 Å². The highest BCUT2D eigenvalue weighted by molar-refractivity contribution is 7.10. The lowest BCUT2D eigenvalue weighted by atomic mass is 9.91. The smallest absolute Gasteiger partial charge is 0.220 e. The number of rotatable bonds is 8. The topological polar surface area (TPSA) is 55.1 Å². The summed E-state index contributed by atoms with van der Waals surface area (Å²) in [4.78, 5) is 13.0. The molecule has 18 heavy (non-hydrogen) atoms. The third-order valence-electron chi connectivity index (χ3n) is 3.02. The van der Waals surface area contributed by atoms with Crippen LogP contribution in [0, 0.1) is 0 Å². The Morgan fingerprint density at radius 1 is 1.39 bits per heavy atom. The third kappa shape index (κ3) is 5.19. The summed E-state index contributed by atoms with van der Waals surface area (Å²) in [7, 11) is 0. The van der Waals surface area contributed by atoms with Gasteiger partial charge in [-0.3, -0.25) is 4.79 Å². The molecule has 0 fully saturated rings. The molecule has 3 nitrogen and oxygen atoms in total. The van der Waals surface area contributed by atoms with E-state index >= 15 is 0 Å². The van der Waals surface area contributed by atoms with Crippen LogP contribution in [0.25, 0.3) is 0 Å². The highest BCUT2D eigenvalue weighted by Crippen LogP contribution is 2.26. The van der Waals surface area contributed by atoms with Crippen molar-refractivity contribution in [2.45, 2.75) is 44.9 Å². The fraction of sp³-hybridized carbons (Fsp3) is 0.643. The van der Waals surface area contributed by atoms with E-state index in [1.165, 1.54) is 4.88 Å². The van der Waals surface area contributed by atoms with Gasteiger partial charge < -0.3 is 11.1 Å². The Morgan fingerprint density at radius 3 is 2.78 bits per heavy atom. The molecule has 0 aromatic carbocycles. The van der Waals surface area contributed by atoms with E-state index in [2.05, 4.69) is 36.7 Å². The van der Waals surface area contributed by atoms with E-state index in [4.69, 9.17) is 5.73 Å². The molecule has 0 spiro atoms. The predicted octanol–water partition coefficient (Wildman–Crippen LogP) is 2.66. The summed E-state index contributed by atoms with van der Waals surface area (Å²) in [5, 5.41) is 5.10. The van der Waals surface area contributed by atoms with Crippen LogP contribution in [0.15, 0.2) is 17.5 Å². The third-order valence-corrected chi connectivity index (χ3v) is 4.26. The second kappa shape index (κ2) is 7.54. The van der Waals surface area contributed by atoms with Crippen molar-refractivity contribution < 1.29 is 4.79 Å². The average molecular weight is 268 g/mol. The minimum Gasteiger partial charge on any atom is -0.355 e. The first-order valence-corrected chi connectivity index (χ1v) is 7.45. The fourth-order valence-corrected chi connectivity index (χ4v) is 2.62. The highest BCUT2D eigenvalue weighted by atomic mass is 32.1. The summed E-state index contributed by atoms with van der Waals surface area (Å²) in [6.45, 7) is 5.73. The Balaban J connectivity index is 2.25. The van der Waals surface area contributed by atoms with Crippen molar-refractivity contribution in [2.75, 3.05) is 13.1 Å². The van der Waals surface area contributed by atoms with Crippen LogP contribution >= 0.6 is 11.3 Å². The molecule has 1 aromatic rings. The molecule has 0 saturated carbocycles. The normalized spacial score (nSPS) is 11.5. The summed E-state index contributed by atoms with van der Waals surface area (Å²) in [6.07, 6.45) is 3.59. The van der Waals surface area contributed by atoms with Crippen molar-refractivity contribution in [3.63, 3.8) is 0 Å². The molecule has 1 amide bonds. The number of unbranched alkanes of at least 4 members (excludes halogenated alkanes) is 2. The van der Waals surface area contributed by atoms with E-state index in [-0.39, 0.29) is 11.3 Å². The average Bonchev–Trinajstić information content (AvgIpc) is 2.87. The van der Waals surface area contributed by atoms with Crippen molar-refractivity contribution in [3.8, 4) is 0 Å². The second-order valence-electron chi connectivity index (χ2n) is 5.24. The molecule has 102 valence electrons. The van der Waals surface area contributed by atoms with Crippen LogP contribution in [-0.2, 0) is 10.2 Å². The Kier molecular flexibility index (Phi) is 6.36. The van der Waals surface area contributed by atoms with Gasteiger partial charge in [0.05, 0.1) is 0 Å². The lowest BCUT2D eigenvalue weighted by Crippen LogP contribution is -2.36. The number of amides is 1. The van der Waals surface area contributed by atoms with Gasteiger partial charge in [-0.1, -0.05) is 26.3 Å². The highest BCUT2D eigenvalue weighted by Gasteiger charge is 2.22. The van der Waals surface area contributed by atoms with E-state index in [0.29, 0.717) is 19.5 Å². The van der Waals surface area contributed by atoms with Gasteiger partial charge in [0.25, 0.3) is 0 Å². The van der Waals surface area contributed by atoms with E-state index in [1.807, 2.05) is 0 Å². The van der Waals surface area contributed by atoms with Crippen molar-refractivity contribution in [1.82, 2.24) is 5.32 Å². The van der Waals surface area contributed by atoms with E-state index in [0.717, 1.165) is 19.3 Å². The molecule has 0 aliphatic rings. The lowest BCUT2D eigenvalue weighted by Gasteiger charge is -2.23. The molecule has 0 atom stereocenters. The van der Waals surface area contributed by atoms with Gasteiger partial charge in [-0.2, -0.15) is 0 Å². The first-order chi connectivity index (χ1) is 8.56. The quantitative estimate of drug-likeness (QED) is 0.712. The van der Waals surface area contributed by atoms with E-state index in [1.54, 1.807) is 11.3 Å². The SMILES string of the molecule is CC(C)(CNC(=O)CCCCCN)c1cccs1. The summed E-state index contributed by atoms with van der Waals surface area (Å²) in [6, 6.07) is 4.18. The molecule has 0 saturated heterocycles. The number of nitrogens with one attached hydrogen (secondary N) is 1. The minimum absolute atomic E-state index is 0.0150. The summed E-state index contributed by atoms with van der Waals surface area (Å²) in [5.74, 6) is 0.150. The van der Waals surface area contributed by atoms with E-state index < -0.39 is 0 Å². The van der Waals surface area contributed by atoms with Crippen molar-refractivity contribution in [1.29, 1.82) is 0 Å². The maximum atomic E-state index is 11.7. The van der Waals surface area contributed by atoms with Crippen molar-refractivity contribution in [2.24, 2.45) is 5.73 Å². The number of hydrogen-bond acceptors (Lipinski definition) is 3. The molecular formula is C14H24N2OS. The summed E-state index contributed by atoms with van der Waals surface area (Å²) >= 11 is 1.74. The first kappa shape index (κ1) is 15.2. The zero-order valence-corrected chi connectivity index (χ0v) is 12.2. The van der Waals surface area contributed by atoms with Gasteiger partial charge in [0, 0.05) is 23.3 Å². The molecule has 1 aromatic heterocycles. The number of nitrogens with two attached hydrogens (primary N) is 1. The van der Waals surface area contributed by atoms with Crippen molar-refractivity contribution in [3.05, 3.63) is 22.4 Å². The van der Waals surface area contributed by atoms with Crippen LogP contribution in [0.3, 0.4) is 0 Å². The number of hydrogen-bond donors (Lipinski definition) is 2. The van der Waals surface area contributed by atoms with Gasteiger partial charge in [-0.25, -0.2) is 0 Å². The minimum atomic E-state index is 0.0150. The second-order valence-corrected chi connectivity index (χ2v) is 6.18. The molecule has 0 radical (unpaired) electrons. The van der Waals surface area contributed by atoms with Crippen LogP contribution < -0.4 is 11.1 Å². The number of thiophene rings is 1. The van der Waals surface area contributed by atoms with Crippen LogP contribution in [0.1, 0.15) is 44.4 Å². The van der Waals surface area contributed by atoms with Crippen LogP contribution in [-0.4, -0.2) is 19.0 Å². The maximum Gasteiger partial charge on any atom is 0.220 e. The van der Waals surface area contributed by atoms with Gasteiger partial charge in [-0.15, -0.1) is 11.3 Å². The van der Waals surface area contributed by atoms with Crippen molar-refractivity contribution >= 4 is 17.2 Å². The molecule has 1 rings (SSSR count). The van der Waals surface area contributed by atoms with Gasteiger partial charge in [0.1, 0.15) is 0 Å². The zero-order valence-electron chi connectivity index (χ0n) is 11.4. The molecule has 4 heteroatoms. The Labute approximate surface area is 114 Å². The van der Waals surface area contributed by atoms with Gasteiger partial charge >= 0.3 is 0 Å². The molecule has 0 unspecified atom stereocenters. The fourth-order valence-electron chi connectivity index (χ4n) is 1.77. The Morgan fingerprint density at radius 2 is 2.17 bits per heavy atom. The van der Waals surface area contributed by atoms with E-state index in [9.17, 15) is 4.79 Å². The van der Waals surface area contributed by atoms with Crippen LogP contribution in [0.5, 0.6) is 0 Å². The predicted molar refractivity (Wildman–Crippen MR) is 77.9 cm³/mol. The standard InChI is InChI=1S/C14H24N2OS/c1-14(2,12-7-6-10-18-12)11-16-13(17)8-4-3-5-9-15/h6-7,10H,3-5,8-9,11,15H2,1-2H3,(H,16,17). The monoisotopic (exact) mass is 268 g/mol. The lowest BCUT2D eigenvalue weighted by molar-refractivity contribution is -0.121. The summed E-state index contributed by atoms with van der Waals surface area (Å²) < 4.78 is 0. The largest absolute Gasteiger partial charge is 0.355 e. The molecule has 0 aliphatic carbocycles. The maximum absolute atomic E-state index is 11.7. The van der Waals surface area contributed by atoms with Crippen LogP contribution in [0.4, 0.5) is 0 Å². The first-order valence-electron chi connectivity index (χ1n) is 6.57. The van der Waals surface area contributed by atoms with Gasteiger partial charge in [0.15, 0.2) is 0 Å². The number of carbonyl (C=O) groups excluding carboxylic acids is 1. The molecule has 1 heterocycles. The molecule has 3 N–H and O–H groups in total. The van der Waals surface area contributed by atoms with Crippen LogP contribution in [0.2, 0.25) is 0 Å². The van der Waals surface area contributed by atoms with Gasteiger partial charge in [-0.05, 0) is 30.8 Å². The Hall–Kier alpha value is -0.870. The Bertz CT molecular complexity index is 347. The molecule has 0 bridgehead atoms. The molecular weight excluding hydrogens is 244 g/mol. The number of carbonyl (C=O) groups is 1. The zero-order chi connectivity index (χ0) is 13.4.